The summed E-state index contributed by atoms with van der Waals surface area (Å²) in [5.41, 5.74) is 7.81. The molecule has 0 aliphatic rings. The van der Waals surface area contributed by atoms with Crippen molar-refractivity contribution in [1.82, 2.24) is 4.98 Å². The Balaban J connectivity index is 2.24. The van der Waals surface area contributed by atoms with Gasteiger partial charge in [0, 0.05) is 5.92 Å². The molecular formula is C11H12N2O2. The third-order valence-corrected chi connectivity index (χ3v) is 2.42. The summed E-state index contributed by atoms with van der Waals surface area (Å²) >= 11 is 0. The summed E-state index contributed by atoms with van der Waals surface area (Å²) in [6, 6.07) is 5.69. The predicted molar refractivity (Wildman–Crippen MR) is 56.1 cm³/mol. The molecule has 0 saturated carbocycles. The average Bonchev–Trinajstić information content (AvgIpc) is 2.64. The number of primary amides is 1. The molecule has 1 aromatic heterocycles. The number of carbonyl (C=O) groups is 1. The van der Waals surface area contributed by atoms with E-state index in [0.717, 1.165) is 16.7 Å². The second kappa shape index (κ2) is 3.73. The zero-order valence-electron chi connectivity index (χ0n) is 8.43. The molecule has 1 atom stereocenters. The summed E-state index contributed by atoms with van der Waals surface area (Å²) in [5.74, 6) is -0.440. The number of fused-ring (bicyclic) bond motifs is 1. The van der Waals surface area contributed by atoms with Crippen LogP contribution in [0.3, 0.4) is 0 Å². The van der Waals surface area contributed by atoms with Gasteiger partial charge in [-0.25, -0.2) is 4.98 Å². The first-order valence-electron chi connectivity index (χ1n) is 4.78. The van der Waals surface area contributed by atoms with Crippen molar-refractivity contribution in [2.45, 2.75) is 13.3 Å². The van der Waals surface area contributed by atoms with E-state index in [-0.39, 0.29) is 11.8 Å². The molecule has 0 aliphatic carbocycles. The summed E-state index contributed by atoms with van der Waals surface area (Å²) in [6.07, 6.45) is 2.05. The number of hydrogen-bond donors (Lipinski definition) is 1. The van der Waals surface area contributed by atoms with Gasteiger partial charge in [0.2, 0.25) is 5.91 Å². The monoisotopic (exact) mass is 204 g/mol. The molecule has 78 valence electrons. The number of nitrogens with zero attached hydrogens (tertiary/aromatic N) is 1. The van der Waals surface area contributed by atoms with Crippen molar-refractivity contribution in [1.29, 1.82) is 0 Å². The molecule has 4 nitrogen and oxygen atoms in total. The van der Waals surface area contributed by atoms with Crippen molar-refractivity contribution < 1.29 is 9.21 Å². The Morgan fingerprint density at radius 1 is 1.60 bits per heavy atom. The lowest BCUT2D eigenvalue weighted by Gasteiger charge is -2.06. The summed E-state index contributed by atoms with van der Waals surface area (Å²) in [7, 11) is 0. The molecule has 2 aromatic rings. The Labute approximate surface area is 87.1 Å². The third-order valence-electron chi connectivity index (χ3n) is 2.42. The van der Waals surface area contributed by atoms with Crippen LogP contribution >= 0.6 is 0 Å². The van der Waals surface area contributed by atoms with E-state index < -0.39 is 0 Å². The Bertz CT molecular complexity index is 490. The smallest absolute Gasteiger partial charge is 0.220 e. The number of oxazole rings is 1. The fourth-order valence-electron chi connectivity index (χ4n) is 1.48. The summed E-state index contributed by atoms with van der Waals surface area (Å²) in [5, 5.41) is 0. The molecule has 0 fully saturated rings. The first kappa shape index (κ1) is 9.71. The minimum Gasteiger partial charge on any atom is -0.443 e. The molecule has 2 N–H and O–H groups in total. The van der Waals surface area contributed by atoms with Gasteiger partial charge in [-0.3, -0.25) is 4.79 Å². The van der Waals surface area contributed by atoms with Gasteiger partial charge in [-0.15, -0.1) is 0 Å². The third kappa shape index (κ3) is 1.98. The van der Waals surface area contributed by atoms with Crippen LogP contribution in [0.1, 0.15) is 12.5 Å². The van der Waals surface area contributed by atoms with Crippen molar-refractivity contribution in [2.24, 2.45) is 11.7 Å². The van der Waals surface area contributed by atoms with Crippen LogP contribution in [-0.4, -0.2) is 10.9 Å². The minimum absolute atomic E-state index is 0.158. The number of amides is 1. The molecule has 0 radical (unpaired) electrons. The minimum atomic E-state index is -0.282. The maximum absolute atomic E-state index is 10.9. The summed E-state index contributed by atoms with van der Waals surface area (Å²) in [6.45, 7) is 1.81. The van der Waals surface area contributed by atoms with Crippen molar-refractivity contribution in [3.05, 3.63) is 30.2 Å². The summed E-state index contributed by atoms with van der Waals surface area (Å²) in [4.78, 5) is 15.0. The van der Waals surface area contributed by atoms with Gasteiger partial charge in [0.15, 0.2) is 12.0 Å². The molecule has 1 aromatic carbocycles. The van der Waals surface area contributed by atoms with Gasteiger partial charge >= 0.3 is 0 Å². The number of nitrogens with two attached hydrogens (primary N) is 1. The molecule has 15 heavy (non-hydrogen) atoms. The van der Waals surface area contributed by atoms with Gasteiger partial charge in [-0.1, -0.05) is 13.0 Å². The maximum atomic E-state index is 10.9. The Morgan fingerprint density at radius 2 is 2.40 bits per heavy atom. The van der Waals surface area contributed by atoms with Crippen molar-refractivity contribution in [2.75, 3.05) is 0 Å². The van der Waals surface area contributed by atoms with Crippen LogP contribution in [-0.2, 0) is 11.2 Å². The fraction of sp³-hybridized carbons (Fsp3) is 0.273. The number of hydrogen-bond acceptors (Lipinski definition) is 3. The zero-order valence-corrected chi connectivity index (χ0v) is 8.43. The van der Waals surface area contributed by atoms with Crippen LogP contribution in [0.15, 0.2) is 29.0 Å². The van der Waals surface area contributed by atoms with Crippen LogP contribution in [0.2, 0.25) is 0 Å². The highest BCUT2D eigenvalue weighted by molar-refractivity contribution is 5.77. The normalized spacial score (nSPS) is 12.9. The SMILES string of the molecule is CC(Cc1ccc2ocnc2c1)C(N)=O. The van der Waals surface area contributed by atoms with E-state index in [1.54, 1.807) is 0 Å². The van der Waals surface area contributed by atoms with Crippen molar-refractivity contribution >= 4 is 17.0 Å². The molecule has 1 amide bonds. The van der Waals surface area contributed by atoms with E-state index >= 15 is 0 Å². The number of aromatic nitrogens is 1. The molecule has 1 unspecified atom stereocenters. The Morgan fingerprint density at radius 3 is 3.13 bits per heavy atom. The standard InChI is InChI=1S/C11H12N2O2/c1-7(11(12)14)4-8-2-3-10-9(5-8)13-6-15-10/h2-3,5-7H,4H2,1H3,(H2,12,14). The highest BCUT2D eigenvalue weighted by Gasteiger charge is 2.10. The average molecular weight is 204 g/mol. The molecule has 4 heteroatoms. The van der Waals surface area contributed by atoms with E-state index in [1.165, 1.54) is 6.39 Å². The lowest BCUT2D eigenvalue weighted by Crippen LogP contribution is -2.22. The van der Waals surface area contributed by atoms with E-state index in [9.17, 15) is 4.79 Å². The van der Waals surface area contributed by atoms with Gasteiger partial charge in [0.1, 0.15) is 5.52 Å². The lowest BCUT2D eigenvalue weighted by molar-refractivity contribution is -0.121. The number of carbonyl (C=O) groups excluding carboxylic acids is 1. The van der Waals surface area contributed by atoms with Gasteiger partial charge in [0.05, 0.1) is 0 Å². The second-order valence-corrected chi connectivity index (χ2v) is 3.66. The first-order valence-corrected chi connectivity index (χ1v) is 4.78. The largest absolute Gasteiger partial charge is 0.443 e. The van der Waals surface area contributed by atoms with Crippen molar-refractivity contribution in [3.8, 4) is 0 Å². The highest BCUT2D eigenvalue weighted by atomic mass is 16.3. The Hall–Kier alpha value is -1.84. The quantitative estimate of drug-likeness (QED) is 0.823. The maximum Gasteiger partial charge on any atom is 0.220 e. The van der Waals surface area contributed by atoms with Crippen LogP contribution in [0.25, 0.3) is 11.1 Å². The van der Waals surface area contributed by atoms with Crippen molar-refractivity contribution in [3.63, 3.8) is 0 Å². The van der Waals surface area contributed by atoms with E-state index in [4.69, 9.17) is 10.2 Å². The van der Waals surface area contributed by atoms with Crippen LogP contribution in [0.4, 0.5) is 0 Å². The highest BCUT2D eigenvalue weighted by Crippen LogP contribution is 2.16. The molecule has 1 heterocycles. The zero-order chi connectivity index (χ0) is 10.8. The molecular weight excluding hydrogens is 192 g/mol. The van der Waals surface area contributed by atoms with Gasteiger partial charge in [-0.05, 0) is 24.1 Å². The first-order chi connectivity index (χ1) is 7.16. The number of benzene rings is 1. The number of rotatable bonds is 3. The summed E-state index contributed by atoms with van der Waals surface area (Å²) < 4.78 is 5.12. The molecule has 0 aliphatic heterocycles. The molecule has 2 rings (SSSR count). The fourth-order valence-corrected chi connectivity index (χ4v) is 1.48. The molecule has 0 saturated heterocycles. The molecule has 0 spiro atoms. The predicted octanol–water partition coefficient (Wildman–Crippen LogP) is 1.49. The van der Waals surface area contributed by atoms with Gasteiger partial charge in [-0.2, -0.15) is 0 Å². The van der Waals surface area contributed by atoms with Crippen LogP contribution < -0.4 is 5.73 Å². The second-order valence-electron chi connectivity index (χ2n) is 3.66. The van der Waals surface area contributed by atoms with Gasteiger partial charge in [0.25, 0.3) is 0 Å². The molecule has 0 bridgehead atoms. The van der Waals surface area contributed by atoms with Gasteiger partial charge < -0.3 is 10.2 Å². The van der Waals surface area contributed by atoms with Crippen LogP contribution in [0.5, 0.6) is 0 Å². The topological polar surface area (TPSA) is 69.1 Å². The Kier molecular flexibility index (Phi) is 2.41. The lowest BCUT2D eigenvalue weighted by atomic mass is 10.0. The van der Waals surface area contributed by atoms with Crippen LogP contribution in [0, 0.1) is 5.92 Å². The van der Waals surface area contributed by atoms with E-state index in [0.29, 0.717) is 6.42 Å². The van der Waals surface area contributed by atoms with E-state index in [2.05, 4.69) is 4.98 Å². The van der Waals surface area contributed by atoms with E-state index in [1.807, 2.05) is 25.1 Å².